The minimum atomic E-state index is -0.0996. The van der Waals surface area contributed by atoms with Gasteiger partial charge in [0.2, 0.25) is 0 Å². The van der Waals surface area contributed by atoms with Gasteiger partial charge in [0.15, 0.2) is 11.5 Å². The Bertz CT molecular complexity index is 602. The van der Waals surface area contributed by atoms with Gasteiger partial charge in [-0.05, 0) is 43.9 Å². The van der Waals surface area contributed by atoms with Gasteiger partial charge in [-0.15, -0.1) is 11.6 Å². The van der Waals surface area contributed by atoms with E-state index in [0.29, 0.717) is 6.61 Å². The molecule has 27 heavy (non-hydrogen) atoms. The van der Waals surface area contributed by atoms with Crippen molar-refractivity contribution < 1.29 is 19.0 Å². The van der Waals surface area contributed by atoms with Crippen molar-refractivity contribution in [1.29, 1.82) is 0 Å². The summed E-state index contributed by atoms with van der Waals surface area (Å²) in [5, 5.41) is 3.95. The molecule has 1 aliphatic carbocycles. The highest BCUT2D eigenvalue weighted by atomic mass is 35.5. The lowest BCUT2D eigenvalue weighted by Crippen LogP contribution is -2.40. The Morgan fingerprint density at radius 2 is 2.04 bits per heavy atom. The van der Waals surface area contributed by atoms with E-state index >= 15 is 0 Å². The predicted molar refractivity (Wildman–Crippen MR) is 106 cm³/mol. The fourth-order valence-electron chi connectivity index (χ4n) is 3.39. The number of morpholine rings is 1. The molecule has 150 valence electrons. The first-order chi connectivity index (χ1) is 13.2. The van der Waals surface area contributed by atoms with E-state index in [0.717, 1.165) is 62.8 Å². The molecule has 1 aliphatic heterocycles. The van der Waals surface area contributed by atoms with Crippen molar-refractivity contribution in [3.8, 4) is 11.5 Å². The van der Waals surface area contributed by atoms with Gasteiger partial charge in [0.05, 0.1) is 38.0 Å². The van der Waals surface area contributed by atoms with Crippen LogP contribution in [0.3, 0.4) is 0 Å². The van der Waals surface area contributed by atoms with E-state index in [9.17, 15) is 0 Å². The summed E-state index contributed by atoms with van der Waals surface area (Å²) in [6, 6.07) is 5.77. The van der Waals surface area contributed by atoms with E-state index < -0.39 is 0 Å². The Morgan fingerprint density at radius 1 is 1.26 bits per heavy atom. The molecule has 1 heterocycles. The largest absolute Gasteiger partial charge is 0.493 e. The zero-order valence-corrected chi connectivity index (χ0v) is 16.7. The number of hydrogen-bond acceptors (Lipinski definition) is 6. The molecule has 1 aromatic rings. The van der Waals surface area contributed by atoms with Crippen LogP contribution in [0.2, 0.25) is 0 Å². The predicted octanol–water partition coefficient (Wildman–Crippen LogP) is 3.31. The number of benzene rings is 1. The minimum Gasteiger partial charge on any atom is -0.493 e. The van der Waals surface area contributed by atoms with E-state index in [2.05, 4.69) is 10.1 Å². The standard InChI is InChI=1S/C20H29ClN2O4/c1-24-19-7-6-16(12-20(19)27-18-4-2-3-5-18)13-22-26-15-17(21)14-23-8-10-25-11-9-23/h6-7,12-13,17-18H,2-5,8-11,14-15H2,1H3/b22-13+. The van der Waals surface area contributed by atoms with Gasteiger partial charge in [-0.2, -0.15) is 0 Å². The van der Waals surface area contributed by atoms with Crippen LogP contribution >= 0.6 is 11.6 Å². The van der Waals surface area contributed by atoms with E-state index in [1.54, 1.807) is 13.3 Å². The number of rotatable bonds is 9. The van der Waals surface area contributed by atoms with Crippen molar-refractivity contribution in [2.24, 2.45) is 5.16 Å². The van der Waals surface area contributed by atoms with Gasteiger partial charge < -0.3 is 19.0 Å². The number of ether oxygens (including phenoxy) is 3. The van der Waals surface area contributed by atoms with Gasteiger partial charge in [-0.25, -0.2) is 0 Å². The van der Waals surface area contributed by atoms with Crippen molar-refractivity contribution >= 4 is 17.8 Å². The van der Waals surface area contributed by atoms with Crippen molar-refractivity contribution in [3.63, 3.8) is 0 Å². The molecule has 1 unspecified atom stereocenters. The van der Waals surface area contributed by atoms with Crippen molar-refractivity contribution in [1.82, 2.24) is 4.90 Å². The molecule has 0 spiro atoms. The van der Waals surface area contributed by atoms with Crippen LogP contribution in [0.15, 0.2) is 23.4 Å². The number of alkyl halides is 1. The topological polar surface area (TPSA) is 52.5 Å². The molecule has 2 fully saturated rings. The van der Waals surface area contributed by atoms with Gasteiger partial charge in [0.1, 0.15) is 6.61 Å². The van der Waals surface area contributed by atoms with Crippen LogP contribution < -0.4 is 9.47 Å². The second-order valence-corrected chi connectivity index (χ2v) is 7.59. The summed E-state index contributed by atoms with van der Waals surface area (Å²) in [7, 11) is 1.66. The molecule has 1 aromatic carbocycles. The Hall–Kier alpha value is -1.50. The summed E-state index contributed by atoms with van der Waals surface area (Å²) in [5.74, 6) is 1.50. The molecule has 6 nitrogen and oxygen atoms in total. The molecule has 2 aliphatic rings. The van der Waals surface area contributed by atoms with E-state index in [4.69, 9.17) is 30.6 Å². The summed E-state index contributed by atoms with van der Waals surface area (Å²) >= 11 is 6.34. The SMILES string of the molecule is COc1ccc(/C=N/OCC(Cl)CN2CCOCC2)cc1OC1CCCC1. The van der Waals surface area contributed by atoms with Crippen molar-refractivity contribution in [2.45, 2.75) is 37.2 Å². The Kier molecular flexibility index (Phi) is 8.05. The third-order valence-electron chi connectivity index (χ3n) is 4.88. The molecule has 3 rings (SSSR count). The molecule has 0 bridgehead atoms. The maximum Gasteiger partial charge on any atom is 0.162 e. The van der Waals surface area contributed by atoms with Crippen LogP contribution in [0, 0.1) is 0 Å². The third-order valence-corrected chi connectivity index (χ3v) is 5.14. The van der Waals surface area contributed by atoms with Crippen LogP contribution in [0.25, 0.3) is 0 Å². The van der Waals surface area contributed by atoms with Crippen molar-refractivity contribution in [3.05, 3.63) is 23.8 Å². The number of halogens is 1. The lowest BCUT2D eigenvalue weighted by atomic mass is 10.2. The highest BCUT2D eigenvalue weighted by Crippen LogP contribution is 2.32. The second-order valence-electron chi connectivity index (χ2n) is 6.98. The van der Waals surface area contributed by atoms with Crippen LogP contribution in [0.1, 0.15) is 31.2 Å². The maximum absolute atomic E-state index is 6.34. The fourth-order valence-corrected chi connectivity index (χ4v) is 3.64. The molecule has 0 N–H and O–H groups in total. The summed E-state index contributed by atoms with van der Waals surface area (Å²) < 4.78 is 16.8. The first-order valence-corrected chi connectivity index (χ1v) is 10.1. The zero-order chi connectivity index (χ0) is 18.9. The Labute approximate surface area is 166 Å². The van der Waals surface area contributed by atoms with E-state index in [1.807, 2.05) is 18.2 Å². The van der Waals surface area contributed by atoms with Crippen LogP contribution in [0.4, 0.5) is 0 Å². The van der Waals surface area contributed by atoms with Gasteiger partial charge in [0.25, 0.3) is 0 Å². The monoisotopic (exact) mass is 396 g/mol. The number of hydrogen-bond donors (Lipinski definition) is 0. The molecule has 0 aromatic heterocycles. The molecule has 1 saturated carbocycles. The molecule has 0 amide bonds. The number of nitrogens with zero attached hydrogens (tertiary/aromatic N) is 2. The molecule has 1 saturated heterocycles. The van der Waals surface area contributed by atoms with E-state index in [1.165, 1.54) is 12.8 Å². The summed E-state index contributed by atoms with van der Waals surface area (Å²) in [4.78, 5) is 7.66. The van der Waals surface area contributed by atoms with Crippen LogP contribution in [-0.2, 0) is 9.57 Å². The molecule has 1 atom stereocenters. The quantitative estimate of drug-likeness (QED) is 0.364. The van der Waals surface area contributed by atoms with Crippen molar-refractivity contribution in [2.75, 3.05) is 46.6 Å². The summed E-state index contributed by atoms with van der Waals surface area (Å²) in [6.07, 6.45) is 6.62. The molecular formula is C20H29ClN2O4. The molecule has 0 radical (unpaired) electrons. The van der Waals surface area contributed by atoms with Gasteiger partial charge >= 0.3 is 0 Å². The first-order valence-electron chi connectivity index (χ1n) is 9.69. The Morgan fingerprint density at radius 3 is 2.78 bits per heavy atom. The van der Waals surface area contributed by atoms with E-state index in [-0.39, 0.29) is 11.5 Å². The smallest absolute Gasteiger partial charge is 0.162 e. The normalized spacial score (nSPS) is 20.1. The van der Waals surface area contributed by atoms with Crippen LogP contribution in [0.5, 0.6) is 11.5 Å². The summed E-state index contributed by atoms with van der Waals surface area (Å²) in [5.41, 5.74) is 0.906. The third kappa shape index (κ3) is 6.55. The van der Waals surface area contributed by atoms with Gasteiger partial charge in [0, 0.05) is 25.2 Å². The summed E-state index contributed by atoms with van der Waals surface area (Å²) in [6.45, 7) is 4.53. The average Bonchev–Trinajstić information content (AvgIpc) is 3.19. The first kappa shape index (κ1) is 20.2. The Balaban J connectivity index is 1.47. The maximum atomic E-state index is 6.34. The fraction of sp³-hybridized carbons (Fsp3) is 0.650. The number of oxime groups is 1. The van der Waals surface area contributed by atoms with Gasteiger partial charge in [-0.1, -0.05) is 5.16 Å². The highest BCUT2D eigenvalue weighted by Gasteiger charge is 2.18. The highest BCUT2D eigenvalue weighted by molar-refractivity contribution is 6.20. The van der Waals surface area contributed by atoms with Gasteiger partial charge in [-0.3, -0.25) is 4.90 Å². The average molecular weight is 397 g/mol. The lowest BCUT2D eigenvalue weighted by Gasteiger charge is -2.27. The molecular weight excluding hydrogens is 368 g/mol. The van der Waals surface area contributed by atoms with Crippen LogP contribution in [-0.4, -0.2) is 69.2 Å². The second kappa shape index (κ2) is 10.7. The number of methoxy groups -OCH3 is 1. The minimum absolute atomic E-state index is 0.0996. The zero-order valence-electron chi connectivity index (χ0n) is 15.9. The lowest BCUT2D eigenvalue weighted by molar-refractivity contribution is 0.0332. The molecule has 7 heteroatoms.